The lowest BCUT2D eigenvalue weighted by molar-refractivity contribution is 0.530. The molecule has 0 spiro atoms. The molecule has 1 aromatic heterocycles. The van der Waals surface area contributed by atoms with Crippen LogP contribution in [0.2, 0.25) is 0 Å². The summed E-state index contributed by atoms with van der Waals surface area (Å²) in [6.07, 6.45) is 1.74. The number of nitrogens with zero attached hydrogens (tertiary/aromatic N) is 1. The van der Waals surface area contributed by atoms with Crippen molar-refractivity contribution in [2.24, 2.45) is 4.99 Å². The van der Waals surface area contributed by atoms with Gasteiger partial charge in [0.2, 0.25) is 0 Å². The minimum atomic E-state index is 0.171. The average molecular weight is 432 g/mol. The highest BCUT2D eigenvalue weighted by atomic mass is 127. The molecule has 19 heavy (non-hydrogen) atoms. The molecule has 0 aliphatic rings. The van der Waals surface area contributed by atoms with Gasteiger partial charge in [-0.25, -0.2) is 0 Å². The van der Waals surface area contributed by atoms with E-state index in [-0.39, 0.29) is 5.41 Å². The monoisotopic (exact) mass is 431 g/mol. The van der Waals surface area contributed by atoms with Gasteiger partial charge in [-0.15, -0.1) is 0 Å². The zero-order valence-electron chi connectivity index (χ0n) is 11.1. The maximum atomic E-state index is 5.50. The van der Waals surface area contributed by atoms with Gasteiger partial charge in [0, 0.05) is 28.7 Å². The van der Waals surface area contributed by atoms with E-state index in [1.807, 2.05) is 18.2 Å². The zero-order valence-corrected chi connectivity index (χ0v) is 14.8. The van der Waals surface area contributed by atoms with E-state index in [0.29, 0.717) is 0 Å². The largest absolute Gasteiger partial charge is 0.448 e. The molecular formula is C15H15BrINO. The number of rotatable bonds is 2. The Bertz CT molecular complexity index is 574. The van der Waals surface area contributed by atoms with Crippen LogP contribution in [0.15, 0.2) is 44.2 Å². The van der Waals surface area contributed by atoms with Crippen LogP contribution in [0.4, 0.5) is 5.69 Å². The molecule has 0 aliphatic heterocycles. The van der Waals surface area contributed by atoms with Crippen LogP contribution in [0, 0.1) is 3.77 Å². The summed E-state index contributed by atoms with van der Waals surface area (Å²) in [4.78, 5) is 4.41. The molecule has 0 atom stereocenters. The molecule has 0 aliphatic carbocycles. The van der Waals surface area contributed by atoms with Gasteiger partial charge >= 0.3 is 0 Å². The Hall–Kier alpha value is -0.620. The summed E-state index contributed by atoms with van der Waals surface area (Å²) >= 11 is 5.55. The molecule has 1 aromatic carbocycles. The quantitative estimate of drug-likeness (QED) is 0.442. The van der Waals surface area contributed by atoms with E-state index in [9.17, 15) is 0 Å². The topological polar surface area (TPSA) is 25.5 Å². The van der Waals surface area contributed by atoms with E-state index in [4.69, 9.17) is 4.42 Å². The van der Waals surface area contributed by atoms with Crippen LogP contribution in [0.5, 0.6) is 0 Å². The van der Waals surface area contributed by atoms with Crippen LogP contribution in [-0.4, -0.2) is 6.21 Å². The highest BCUT2D eigenvalue weighted by molar-refractivity contribution is 14.1. The molecule has 100 valence electrons. The first-order chi connectivity index (χ1) is 8.86. The number of hydrogen-bond donors (Lipinski definition) is 0. The minimum absolute atomic E-state index is 0.171. The van der Waals surface area contributed by atoms with Crippen LogP contribution in [0.1, 0.15) is 32.1 Å². The van der Waals surface area contributed by atoms with Gasteiger partial charge in [0.15, 0.2) is 3.77 Å². The van der Waals surface area contributed by atoms with Gasteiger partial charge in [-0.2, -0.15) is 0 Å². The second kappa shape index (κ2) is 5.79. The number of halogens is 2. The molecular weight excluding hydrogens is 417 g/mol. The number of furan rings is 1. The minimum Gasteiger partial charge on any atom is -0.448 e. The molecule has 0 saturated heterocycles. The molecule has 0 saturated carbocycles. The molecule has 0 N–H and O–H groups in total. The smallest absolute Gasteiger partial charge is 0.178 e. The molecule has 0 radical (unpaired) electrons. The van der Waals surface area contributed by atoms with Crippen molar-refractivity contribution in [2.75, 3.05) is 0 Å². The Morgan fingerprint density at radius 2 is 1.84 bits per heavy atom. The van der Waals surface area contributed by atoms with Gasteiger partial charge in [0.25, 0.3) is 0 Å². The highest BCUT2D eigenvalue weighted by Gasteiger charge is 2.12. The van der Waals surface area contributed by atoms with E-state index in [0.717, 1.165) is 19.7 Å². The third-order valence-electron chi connectivity index (χ3n) is 2.74. The summed E-state index contributed by atoms with van der Waals surface area (Å²) in [5.41, 5.74) is 2.40. The number of benzene rings is 1. The van der Waals surface area contributed by atoms with Crippen molar-refractivity contribution in [3.8, 4) is 0 Å². The van der Waals surface area contributed by atoms with E-state index >= 15 is 0 Å². The first kappa shape index (κ1) is 14.8. The summed E-state index contributed by atoms with van der Waals surface area (Å²) in [5.74, 6) is 0.746. The normalized spacial score (nSPS) is 12.3. The van der Waals surface area contributed by atoms with Crippen molar-refractivity contribution < 1.29 is 4.42 Å². The molecule has 2 rings (SSSR count). The summed E-state index contributed by atoms with van der Waals surface area (Å²) in [7, 11) is 0. The molecule has 4 heteroatoms. The summed E-state index contributed by atoms with van der Waals surface area (Å²) in [6, 6.07) is 10.2. The molecule has 0 fully saturated rings. The Morgan fingerprint density at radius 1 is 1.21 bits per heavy atom. The molecule has 0 bridgehead atoms. The lowest BCUT2D eigenvalue weighted by atomic mass is 9.87. The first-order valence-electron chi connectivity index (χ1n) is 5.96. The molecule has 2 nitrogen and oxygen atoms in total. The third-order valence-corrected chi connectivity index (χ3v) is 4.87. The highest BCUT2D eigenvalue weighted by Crippen LogP contribution is 2.25. The maximum absolute atomic E-state index is 5.50. The van der Waals surface area contributed by atoms with E-state index in [1.165, 1.54) is 5.56 Å². The standard InChI is InChI=1S/C15H15BrINO/c1-15(2,3)10-4-6-11(7-5-10)18-9-12-8-13(16)14(17)19-12/h4-9H,1-3H3. The molecule has 0 unspecified atom stereocenters. The third kappa shape index (κ3) is 3.92. The maximum Gasteiger partial charge on any atom is 0.178 e. The van der Waals surface area contributed by atoms with E-state index in [2.05, 4.69) is 76.4 Å². The van der Waals surface area contributed by atoms with Crippen molar-refractivity contribution in [1.29, 1.82) is 0 Å². The van der Waals surface area contributed by atoms with Gasteiger partial charge in [-0.05, 0) is 39.0 Å². The Balaban J connectivity index is 2.15. The van der Waals surface area contributed by atoms with Gasteiger partial charge < -0.3 is 4.42 Å². The average Bonchev–Trinajstić information content (AvgIpc) is 2.66. The predicted octanol–water partition coefficient (Wildman–Crippen LogP) is 5.69. The van der Waals surface area contributed by atoms with Crippen molar-refractivity contribution in [2.45, 2.75) is 26.2 Å². The fourth-order valence-corrected chi connectivity index (χ4v) is 2.33. The molecule has 1 heterocycles. The summed E-state index contributed by atoms with van der Waals surface area (Å²) in [6.45, 7) is 6.61. The Morgan fingerprint density at radius 3 is 2.32 bits per heavy atom. The number of hydrogen-bond acceptors (Lipinski definition) is 2. The van der Waals surface area contributed by atoms with Gasteiger partial charge in [0.05, 0.1) is 16.4 Å². The van der Waals surface area contributed by atoms with Crippen molar-refractivity contribution in [3.63, 3.8) is 0 Å². The van der Waals surface area contributed by atoms with Crippen LogP contribution >= 0.6 is 38.5 Å². The van der Waals surface area contributed by atoms with E-state index in [1.54, 1.807) is 6.21 Å². The Kier molecular flexibility index (Phi) is 4.50. The van der Waals surface area contributed by atoms with Gasteiger partial charge in [-0.3, -0.25) is 4.99 Å². The van der Waals surface area contributed by atoms with Crippen molar-refractivity contribution in [3.05, 3.63) is 49.9 Å². The van der Waals surface area contributed by atoms with Crippen molar-refractivity contribution >= 4 is 50.4 Å². The zero-order chi connectivity index (χ0) is 14.0. The van der Waals surface area contributed by atoms with Crippen LogP contribution < -0.4 is 0 Å². The van der Waals surface area contributed by atoms with Crippen LogP contribution in [0.3, 0.4) is 0 Å². The molecule has 0 amide bonds. The summed E-state index contributed by atoms with van der Waals surface area (Å²) in [5, 5.41) is 0. The second-order valence-corrected chi connectivity index (χ2v) is 7.16. The van der Waals surface area contributed by atoms with Gasteiger partial charge in [-0.1, -0.05) is 32.9 Å². The van der Waals surface area contributed by atoms with Crippen LogP contribution in [-0.2, 0) is 5.41 Å². The van der Waals surface area contributed by atoms with Crippen LogP contribution in [0.25, 0.3) is 0 Å². The lowest BCUT2D eigenvalue weighted by Gasteiger charge is -2.18. The van der Waals surface area contributed by atoms with E-state index < -0.39 is 0 Å². The van der Waals surface area contributed by atoms with Crippen molar-refractivity contribution in [1.82, 2.24) is 0 Å². The second-order valence-electron chi connectivity index (χ2n) is 5.33. The molecule has 2 aromatic rings. The fraction of sp³-hybridized carbons (Fsp3) is 0.267. The number of aliphatic imine (C=N–C) groups is 1. The first-order valence-corrected chi connectivity index (χ1v) is 7.83. The SMILES string of the molecule is CC(C)(C)c1ccc(N=Cc2cc(Br)c(I)o2)cc1. The lowest BCUT2D eigenvalue weighted by Crippen LogP contribution is -2.10. The fourth-order valence-electron chi connectivity index (χ4n) is 1.61. The predicted molar refractivity (Wildman–Crippen MR) is 91.5 cm³/mol. The Labute approximate surface area is 135 Å². The summed E-state index contributed by atoms with van der Waals surface area (Å²) < 4.78 is 7.30. The van der Waals surface area contributed by atoms with Gasteiger partial charge in [0.1, 0.15) is 5.76 Å².